The van der Waals surface area contributed by atoms with Crippen LogP contribution in [0.4, 0.5) is 11.4 Å². The van der Waals surface area contributed by atoms with Gasteiger partial charge >= 0.3 is 0 Å². The van der Waals surface area contributed by atoms with Gasteiger partial charge in [0, 0.05) is 51.1 Å². The second kappa shape index (κ2) is 11.6. The molecule has 31 heavy (non-hydrogen) atoms. The van der Waals surface area contributed by atoms with E-state index in [1.54, 1.807) is 0 Å². The van der Waals surface area contributed by atoms with Gasteiger partial charge < -0.3 is 20.4 Å². The molecule has 0 amide bonds. The molecule has 2 saturated heterocycles. The first-order valence-corrected chi connectivity index (χ1v) is 11.3. The van der Waals surface area contributed by atoms with E-state index in [2.05, 4.69) is 86.9 Å². The van der Waals surface area contributed by atoms with Crippen LogP contribution in [0.2, 0.25) is 0 Å². The van der Waals surface area contributed by atoms with E-state index in [1.165, 1.54) is 49.3 Å². The number of anilines is 2. The van der Waals surface area contributed by atoms with Crippen LogP contribution in [0.15, 0.2) is 59.6 Å². The van der Waals surface area contributed by atoms with Gasteiger partial charge in [-0.15, -0.1) is 24.0 Å². The molecule has 2 atom stereocenters. The van der Waals surface area contributed by atoms with E-state index in [0.29, 0.717) is 5.92 Å². The molecule has 2 N–H and O–H groups in total. The van der Waals surface area contributed by atoms with Crippen LogP contribution in [0.1, 0.15) is 37.8 Å². The van der Waals surface area contributed by atoms with Crippen molar-refractivity contribution < 1.29 is 0 Å². The summed E-state index contributed by atoms with van der Waals surface area (Å²) >= 11 is 0. The fourth-order valence-corrected chi connectivity index (χ4v) is 4.56. The summed E-state index contributed by atoms with van der Waals surface area (Å²) in [6.45, 7) is 7.74. The summed E-state index contributed by atoms with van der Waals surface area (Å²) in [6.07, 6.45) is 3.82. The number of nitrogens with zero attached hydrogens (tertiary/aromatic N) is 3. The van der Waals surface area contributed by atoms with Crippen molar-refractivity contribution >= 4 is 41.3 Å². The lowest BCUT2D eigenvalue weighted by atomic mass is 10.1. The number of hydrogen-bond acceptors (Lipinski definition) is 3. The smallest absolute Gasteiger partial charge is 0.191 e. The number of hydrogen-bond donors (Lipinski definition) is 2. The maximum Gasteiger partial charge on any atom is 0.191 e. The zero-order valence-electron chi connectivity index (χ0n) is 18.8. The Morgan fingerprint density at radius 1 is 1.00 bits per heavy atom. The molecular formula is C25H36IN5. The maximum absolute atomic E-state index is 4.46. The average molecular weight is 534 g/mol. The minimum Gasteiger partial charge on any atom is -0.372 e. The summed E-state index contributed by atoms with van der Waals surface area (Å²) in [6, 6.07) is 19.9. The Morgan fingerprint density at radius 3 is 2.48 bits per heavy atom. The molecule has 0 spiro atoms. The van der Waals surface area contributed by atoms with Crippen LogP contribution >= 0.6 is 24.0 Å². The molecule has 0 aliphatic carbocycles. The van der Waals surface area contributed by atoms with Gasteiger partial charge in [0.1, 0.15) is 0 Å². The van der Waals surface area contributed by atoms with Crippen molar-refractivity contribution in [2.45, 2.75) is 32.2 Å². The summed E-state index contributed by atoms with van der Waals surface area (Å²) in [5, 5.41) is 7.13. The lowest BCUT2D eigenvalue weighted by molar-refractivity contribution is 0.560. The molecule has 2 aromatic carbocycles. The van der Waals surface area contributed by atoms with E-state index >= 15 is 0 Å². The van der Waals surface area contributed by atoms with Crippen molar-refractivity contribution in [1.82, 2.24) is 10.6 Å². The third-order valence-corrected chi connectivity index (χ3v) is 6.38. The molecule has 0 radical (unpaired) electrons. The molecule has 6 heteroatoms. The van der Waals surface area contributed by atoms with Gasteiger partial charge in [-0.1, -0.05) is 30.3 Å². The van der Waals surface area contributed by atoms with Crippen LogP contribution in [0.3, 0.4) is 0 Å². The summed E-state index contributed by atoms with van der Waals surface area (Å²) in [5.74, 6) is 1.52. The molecule has 4 rings (SSSR count). The monoisotopic (exact) mass is 533 g/mol. The highest BCUT2D eigenvalue weighted by molar-refractivity contribution is 14.0. The molecule has 5 nitrogen and oxygen atoms in total. The first kappa shape index (κ1) is 23.7. The van der Waals surface area contributed by atoms with Crippen molar-refractivity contribution in [1.29, 1.82) is 0 Å². The summed E-state index contributed by atoms with van der Waals surface area (Å²) < 4.78 is 0. The number of aliphatic imine (C=N–C) groups is 1. The fraction of sp³-hybridized carbons (Fsp3) is 0.480. The standard InChI is InChI=1S/C25H35N5.HI/c1-20(22-9-8-12-24(17-22)29-14-6-7-15-29)28-25(26-2)27-18-21-13-16-30(19-21)23-10-4-3-5-11-23;/h3-5,8-12,17,20-21H,6-7,13-16,18-19H2,1-2H3,(H2,26,27,28);1H. The van der Waals surface area contributed by atoms with Crippen molar-refractivity contribution in [3.05, 3.63) is 60.2 Å². The van der Waals surface area contributed by atoms with E-state index in [9.17, 15) is 0 Å². The molecule has 2 fully saturated rings. The Bertz CT molecular complexity index is 835. The number of nitrogens with one attached hydrogen (secondary N) is 2. The Balaban J connectivity index is 0.00000272. The van der Waals surface area contributed by atoms with E-state index in [0.717, 1.165) is 25.6 Å². The first-order valence-electron chi connectivity index (χ1n) is 11.3. The summed E-state index contributed by atoms with van der Waals surface area (Å²) in [7, 11) is 1.85. The SMILES string of the molecule is CN=C(NCC1CCN(c2ccccc2)C1)NC(C)c1cccc(N2CCCC2)c1.I. The first-order chi connectivity index (χ1) is 14.7. The van der Waals surface area contributed by atoms with E-state index in [4.69, 9.17) is 0 Å². The minimum absolute atomic E-state index is 0. The number of para-hydroxylation sites is 1. The normalized spacial score (nSPS) is 19.8. The van der Waals surface area contributed by atoms with Crippen LogP contribution in [0.5, 0.6) is 0 Å². The molecule has 2 aliphatic rings. The van der Waals surface area contributed by atoms with Crippen molar-refractivity contribution in [3.8, 4) is 0 Å². The molecule has 2 unspecified atom stereocenters. The van der Waals surface area contributed by atoms with E-state index < -0.39 is 0 Å². The van der Waals surface area contributed by atoms with Crippen molar-refractivity contribution in [2.75, 3.05) is 49.6 Å². The Morgan fingerprint density at radius 2 is 1.74 bits per heavy atom. The molecule has 2 aromatic rings. The summed E-state index contributed by atoms with van der Waals surface area (Å²) in [4.78, 5) is 9.43. The fourth-order valence-electron chi connectivity index (χ4n) is 4.56. The Kier molecular flexibility index (Phi) is 8.87. The van der Waals surface area contributed by atoms with E-state index in [-0.39, 0.29) is 30.0 Å². The largest absolute Gasteiger partial charge is 0.372 e. The quantitative estimate of drug-likeness (QED) is 0.322. The summed E-state index contributed by atoms with van der Waals surface area (Å²) in [5.41, 5.74) is 3.97. The highest BCUT2D eigenvalue weighted by atomic mass is 127. The van der Waals surface area contributed by atoms with Gasteiger partial charge in [-0.25, -0.2) is 0 Å². The van der Waals surface area contributed by atoms with Crippen molar-refractivity contribution in [2.24, 2.45) is 10.9 Å². The molecule has 2 heterocycles. The third kappa shape index (κ3) is 6.28. The predicted molar refractivity (Wildman–Crippen MR) is 143 cm³/mol. The molecule has 0 saturated carbocycles. The van der Waals surface area contributed by atoms with Gasteiger partial charge in [-0.05, 0) is 61.9 Å². The van der Waals surface area contributed by atoms with Gasteiger partial charge in [0.2, 0.25) is 0 Å². The van der Waals surface area contributed by atoms with Gasteiger partial charge in [0.05, 0.1) is 6.04 Å². The molecule has 168 valence electrons. The van der Waals surface area contributed by atoms with Gasteiger partial charge in [0.15, 0.2) is 5.96 Å². The zero-order chi connectivity index (χ0) is 20.8. The number of halogens is 1. The van der Waals surface area contributed by atoms with Crippen LogP contribution in [0, 0.1) is 5.92 Å². The van der Waals surface area contributed by atoms with Gasteiger partial charge in [-0.2, -0.15) is 0 Å². The van der Waals surface area contributed by atoms with Crippen LogP contribution in [-0.2, 0) is 0 Å². The predicted octanol–water partition coefficient (Wildman–Crippen LogP) is 4.66. The Hall–Kier alpha value is -1.96. The zero-order valence-corrected chi connectivity index (χ0v) is 21.1. The number of guanidine groups is 1. The topological polar surface area (TPSA) is 42.9 Å². The van der Waals surface area contributed by atoms with E-state index in [1.807, 2.05) is 7.05 Å². The number of benzene rings is 2. The second-order valence-electron chi connectivity index (χ2n) is 8.54. The lowest BCUT2D eigenvalue weighted by Crippen LogP contribution is -2.41. The molecular weight excluding hydrogens is 497 g/mol. The molecule has 0 bridgehead atoms. The van der Waals surface area contributed by atoms with Crippen LogP contribution in [-0.4, -0.2) is 45.7 Å². The highest BCUT2D eigenvalue weighted by Gasteiger charge is 2.23. The highest BCUT2D eigenvalue weighted by Crippen LogP contribution is 2.25. The molecule has 2 aliphatic heterocycles. The van der Waals surface area contributed by atoms with Gasteiger partial charge in [-0.3, -0.25) is 4.99 Å². The van der Waals surface area contributed by atoms with Gasteiger partial charge in [0.25, 0.3) is 0 Å². The average Bonchev–Trinajstić information content (AvgIpc) is 3.50. The van der Waals surface area contributed by atoms with Crippen LogP contribution in [0.25, 0.3) is 0 Å². The molecule has 0 aromatic heterocycles. The maximum atomic E-state index is 4.46. The lowest BCUT2D eigenvalue weighted by Gasteiger charge is -2.23. The number of rotatable bonds is 6. The van der Waals surface area contributed by atoms with Crippen molar-refractivity contribution in [3.63, 3.8) is 0 Å². The van der Waals surface area contributed by atoms with Crippen LogP contribution < -0.4 is 20.4 Å². The second-order valence-corrected chi connectivity index (χ2v) is 8.54. The Labute approximate surface area is 204 Å². The minimum atomic E-state index is 0. The third-order valence-electron chi connectivity index (χ3n) is 6.38.